The molecule has 0 aromatic carbocycles. The van der Waals surface area contributed by atoms with E-state index in [9.17, 15) is 14.4 Å². The molecule has 0 radical (unpaired) electrons. The number of carbonyl (C=O) groups is 3. The molecular weight excluding hydrogens is 634 g/mol. The van der Waals surface area contributed by atoms with E-state index in [-0.39, 0.29) is 24.5 Å². The Morgan fingerprint density at radius 2 is 0.922 bits per heavy atom. The maximum absolute atomic E-state index is 12.7. The summed E-state index contributed by atoms with van der Waals surface area (Å²) in [7, 11) is 0. The van der Waals surface area contributed by atoms with Crippen LogP contribution in [-0.2, 0) is 19.1 Å². The highest BCUT2D eigenvalue weighted by Crippen LogP contribution is 2.18. The van der Waals surface area contributed by atoms with E-state index < -0.39 is 5.97 Å². The van der Waals surface area contributed by atoms with Gasteiger partial charge in [-0.25, -0.2) is 0 Å². The monoisotopic (exact) mass is 716 g/mol. The highest BCUT2D eigenvalue weighted by atomic mass is 16.5. The zero-order valence-electron chi connectivity index (χ0n) is 33.5. The van der Waals surface area contributed by atoms with Crippen LogP contribution in [0.1, 0.15) is 219 Å². The average Bonchev–Trinajstić information content (AvgIpc) is 3.11. The number of rotatable bonds is 39. The van der Waals surface area contributed by atoms with Crippen LogP contribution in [0.3, 0.4) is 0 Å². The second-order valence-corrected chi connectivity index (χ2v) is 14.6. The van der Waals surface area contributed by atoms with Gasteiger partial charge in [0.25, 0.3) is 0 Å². The van der Waals surface area contributed by atoms with Crippen LogP contribution >= 0.6 is 0 Å². The highest BCUT2D eigenvalue weighted by Gasteiger charge is 2.14. The summed E-state index contributed by atoms with van der Waals surface area (Å²) in [6, 6.07) is 0. The second-order valence-electron chi connectivity index (χ2n) is 14.6. The minimum atomic E-state index is -1.02. The van der Waals surface area contributed by atoms with Crippen molar-refractivity contribution in [2.45, 2.75) is 225 Å². The molecule has 0 aromatic heterocycles. The van der Waals surface area contributed by atoms with Crippen molar-refractivity contribution in [1.82, 2.24) is 5.32 Å². The third-order valence-corrected chi connectivity index (χ3v) is 9.53. The van der Waals surface area contributed by atoms with Gasteiger partial charge in [-0.1, -0.05) is 153 Å². The number of amides is 1. The number of allylic oxidation sites excluding steroid dienone is 6. The van der Waals surface area contributed by atoms with Gasteiger partial charge in [0.2, 0.25) is 5.91 Å². The number of ether oxygens (including phenoxy) is 1. The molecule has 1 atom stereocenters. The van der Waals surface area contributed by atoms with Crippen LogP contribution < -0.4 is 5.32 Å². The number of carboxylic acids is 1. The summed E-state index contributed by atoms with van der Waals surface area (Å²) in [4.78, 5) is 35.0. The summed E-state index contributed by atoms with van der Waals surface area (Å²) in [5.41, 5.74) is 0. The fraction of sp³-hybridized carbons (Fsp3) is 0.800. The van der Waals surface area contributed by atoms with E-state index in [1.807, 2.05) is 0 Å². The van der Waals surface area contributed by atoms with Crippen molar-refractivity contribution in [2.24, 2.45) is 0 Å². The summed E-state index contributed by atoms with van der Waals surface area (Å²) in [6.07, 6.45) is 49.8. The largest absolute Gasteiger partial charge is 0.480 e. The Balaban J connectivity index is 4.23. The van der Waals surface area contributed by atoms with Gasteiger partial charge in [-0.3, -0.25) is 14.4 Å². The fourth-order valence-corrected chi connectivity index (χ4v) is 6.29. The van der Waals surface area contributed by atoms with E-state index in [4.69, 9.17) is 9.84 Å². The third-order valence-electron chi connectivity index (χ3n) is 9.53. The van der Waals surface area contributed by atoms with E-state index in [2.05, 4.69) is 55.6 Å². The lowest BCUT2D eigenvalue weighted by Crippen LogP contribution is -2.28. The molecule has 6 heteroatoms. The predicted octanol–water partition coefficient (Wildman–Crippen LogP) is 13.3. The van der Waals surface area contributed by atoms with Crippen LogP contribution in [0.15, 0.2) is 36.5 Å². The average molecular weight is 716 g/mol. The number of carbonyl (C=O) groups excluding carboxylic acids is 2. The number of esters is 1. The zero-order chi connectivity index (χ0) is 37.3. The first kappa shape index (κ1) is 48.6. The van der Waals surface area contributed by atoms with E-state index >= 15 is 0 Å². The number of hydrogen-bond donors (Lipinski definition) is 2. The van der Waals surface area contributed by atoms with Gasteiger partial charge in [0, 0.05) is 12.8 Å². The summed E-state index contributed by atoms with van der Waals surface area (Å²) >= 11 is 0. The van der Waals surface area contributed by atoms with E-state index in [0.29, 0.717) is 12.8 Å². The van der Waals surface area contributed by atoms with Crippen molar-refractivity contribution in [3.63, 3.8) is 0 Å². The lowest BCUT2D eigenvalue weighted by atomic mass is 10.0. The molecule has 0 spiro atoms. The first-order valence-corrected chi connectivity index (χ1v) is 21.6. The smallest absolute Gasteiger partial charge is 0.322 e. The van der Waals surface area contributed by atoms with Gasteiger partial charge in [0.1, 0.15) is 12.6 Å². The van der Waals surface area contributed by atoms with Crippen molar-refractivity contribution >= 4 is 17.8 Å². The van der Waals surface area contributed by atoms with Crippen LogP contribution in [0.25, 0.3) is 0 Å². The van der Waals surface area contributed by atoms with Crippen LogP contribution in [-0.4, -0.2) is 35.6 Å². The quantitative estimate of drug-likeness (QED) is 0.0375. The number of unbranched alkanes of at least 4 members (excludes halogenated alkanes) is 22. The van der Waals surface area contributed by atoms with E-state index in [1.165, 1.54) is 109 Å². The summed E-state index contributed by atoms with van der Waals surface area (Å²) in [5, 5.41) is 11.1. The Morgan fingerprint density at radius 1 is 0.510 bits per heavy atom. The molecule has 0 rings (SSSR count). The Labute approximate surface area is 315 Å². The molecule has 2 N–H and O–H groups in total. The molecular formula is C45H81NO5. The third kappa shape index (κ3) is 40.3. The topological polar surface area (TPSA) is 92.7 Å². The van der Waals surface area contributed by atoms with Crippen LogP contribution in [0.2, 0.25) is 0 Å². The van der Waals surface area contributed by atoms with Gasteiger partial charge < -0.3 is 15.2 Å². The number of aliphatic carboxylic acids is 1. The molecule has 0 fully saturated rings. The van der Waals surface area contributed by atoms with Gasteiger partial charge in [-0.05, 0) is 89.9 Å². The molecule has 0 saturated carbocycles. The molecule has 0 heterocycles. The molecule has 1 unspecified atom stereocenters. The van der Waals surface area contributed by atoms with Crippen molar-refractivity contribution < 1.29 is 24.2 Å². The standard InChI is InChI=1S/C45H81NO5/c1-3-5-7-9-11-13-15-17-19-20-22-24-26-29-33-37-42(38-34-30-28-31-35-39-43(47)46-41-44(48)49)51-45(50)40-36-32-27-25-23-21-18-16-14-12-10-8-6-4-2/h10,12,16,18,20,22,42H,3-9,11,13-15,17,19,21,23-41H2,1-2H3,(H,46,47)(H,48,49)/b12-10-,18-16-,22-20-. The Bertz CT molecular complexity index is 880. The number of hydrogen-bond acceptors (Lipinski definition) is 4. The first-order valence-electron chi connectivity index (χ1n) is 21.6. The summed E-state index contributed by atoms with van der Waals surface area (Å²) in [5.74, 6) is -1.25. The zero-order valence-corrected chi connectivity index (χ0v) is 33.5. The van der Waals surface area contributed by atoms with E-state index in [0.717, 1.165) is 83.5 Å². The lowest BCUT2D eigenvalue weighted by molar-refractivity contribution is -0.150. The first-order chi connectivity index (χ1) is 25.0. The molecule has 0 bridgehead atoms. The van der Waals surface area contributed by atoms with Crippen LogP contribution in [0.5, 0.6) is 0 Å². The van der Waals surface area contributed by atoms with Gasteiger partial charge in [-0.2, -0.15) is 0 Å². The Kier molecular flexibility index (Phi) is 38.5. The van der Waals surface area contributed by atoms with Crippen LogP contribution in [0, 0.1) is 0 Å². The highest BCUT2D eigenvalue weighted by molar-refractivity contribution is 5.80. The van der Waals surface area contributed by atoms with Crippen molar-refractivity contribution in [3.8, 4) is 0 Å². The summed E-state index contributed by atoms with van der Waals surface area (Å²) in [6.45, 7) is 4.19. The van der Waals surface area contributed by atoms with Gasteiger partial charge >= 0.3 is 11.9 Å². The predicted molar refractivity (Wildman–Crippen MR) is 217 cm³/mol. The molecule has 0 saturated heterocycles. The fourth-order valence-electron chi connectivity index (χ4n) is 6.29. The SMILES string of the molecule is CCCC/C=C\C/C=C\CCCCCCCC(=O)OC(CCCCC/C=C\CCCCCCCCCC)CCCCCCCC(=O)NCC(=O)O. The number of nitrogens with one attached hydrogen (secondary N) is 1. The normalized spacial score (nSPS) is 12.4. The minimum Gasteiger partial charge on any atom is -0.480 e. The molecule has 0 aliphatic rings. The van der Waals surface area contributed by atoms with Crippen LogP contribution in [0.4, 0.5) is 0 Å². The van der Waals surface area contributed by atoms with Crippen molar-refractivity contribution in [2.75, 3.05) is 6.54 Å². The minimum absolute atomic E-state index is 0.00471. The summed E-state index contributed by atoms with van der Waals surface area (Å²) < 4.78 is 6.02. The van der Waals surface area contributed by atoms with Gasteiger partial charge in [-0.15, -0.1) is 0 Å². The Hall–Kier alpha value is -2.37. The maximum Gasteiger partial charge on any atom is 0.322 e. The molecule has 0 aliphatic heterocycles. The molecule has 296 valence electrons. The molecule has 1 amide bonds. The lowest BCUT2D eigenvalue weighted by Gasteiger charge is -2.18. The van der Waals surface area contributed by atoms with Crippen molar-refractivity contribution in [3.05, 3.63) is 36.5 Å². The maximum atomic E-state index is 12.7. The second kappa shape index (κ2) is 40.4. The molecule has 0 aromatic rings. The Morgan fingerprint density at radius 3 is 1.45 bits per heavy atom. The van der Waals surface area contributed by atoms with E-state index in [1.54, 1.807) is 0 Å². The van der Waals surface area contributed by atoms with Gasteiger partial charge in [0.05, 0.1) is 0 Å². The molecule has 6 nitrogen and oxygen atoms in total. The molecule has 0 aliphatic carbocycles. The van der Waals surface area contributed by atoms with Gasteiger partial charge in [0.15, 0.2) is 0 Å². The molecule has 51 heavy (non-hydrogen) atoms. The van der Waals surface area contributed by atoms with Crippen molar-refractivity contribution in [1.29, 1.82) is 0 Å². The number of carboxylic acid groups (broad SMARTS) is 1.